The lowest BCUT2D eigenvalue weighted by Crippen LogP contribution is -2.04. The maximum atomic E-state index is 4.72. The third kappa shape index (κ3) is 2.04. The van der Waals surface area contributed by atoms with Crippen LogP contribution in [0.1, 0.15) is 31.0 Å². The molecule has 2 rings (SSSR count). The van der Waals surface area contributed by atoms with Crippen molar-refractivity contribution in [3.05, 3.63) is 33.9 Å². The molecule has 1 aromatic carbocycles. The lowest BCUT2D eigenvalue weighted by molar-refractivity contribution is 0.849. The Balaban J connectivity index is 2.90. The molecule has 2 aromatic rings. The third-order valence-corrected chi connectivity index (χ3v) is 3.66. The molecule has 17 heavy (non-hydrogen) atoms. The summed E-state index contributed by atoms with van der Waals surface area (Å²) in [5.74, 6) is 0.466. The fourth-order valence-corrected chi connectivity index (χ4v) is 2.82. The Bertz CT molecular complexity index is 562. The molecule has 0 saturated heterocycles. The van der Waals surface area contributed by atoms with E-state index in [0.717, 1.165) is 15.7 Å². The zero-order valence-electron chi connectivity index (χ0n) is 10.6. The number of para-hydroxylation sites is 1. The van der Waals surface area contributed by atoms with E-state index in [1.165, 1.54) is 16.6 Å². The van der Waals surface area contributed by atoms with Crippen LogP contribution in [0.15, 0.2) is 22.7 Å². The van der Waals surface area contributed by atoms with Crippen molar-refractivity contribution >= 4 is 32.5 Å². The van der Waals surface area contributed by atoms with Crippen molar-refractivity contribution in [2.75, 3.05) is 12.4 Å². The number of halogens is 1. The topological polar surface area (TPSA) is 24.9 Å². The van der Waals surface area contributed by atoms with Crippen LogP contribution < -0.4 is 5.32 Å². The fraction of sp³-hybridized carbons (Fsp3) is 0.357. The molecule has 0 radical (unpaired) electrons. The molecule has 0 aliphatic heterocycles. The summed E-state index contributed by atoms with van der Waals surface area (Å²) in [5, 5.41) is 4.50. The van der Waals surface area contributed by atoms with Crippen LogP contribution in [0, 0.1) is 6.92 Å². The molecule has 0 spiro atoms. The highest BCUT2D eigenvalue weighted by atomic mass is 79.9. The number of hydrogen-bond acceptors (Lipinski definition) is 2. The van der Waals surface area contributed by atoms with Crippen LogP contribution in [0.25, 0.3) is 10.9 Å². The summed E-state index contributed by atoms with van der Waals surface area (Å²) in [7, 11) is 1.97. The van der Waals surface area contributed by atoms with E-state index in [1.807, 2.05) is 19.2 Å². The maximum Gasteiger partial charge on any atom is 0.0868 e. The molecular formula is C14H17BrN2. The number of nitrogens with zero attached hydrogens (tertiary/aromatic N) is 1. The van der Waals surface area contributed by atoms with Gasteiger partial charge in [-0.1, -0.05) is 26.0 Å². The second-order valence-corrected chi connectivity index (χ2v) is 5.38. The normalized spacial score (nSPS) is 11.2. The third-order valence-electron chi connectivity index (χ3n) is 3.02. The van der Waals surface area contributed by atoms with Gasteiger partial charge in [0.1, 0.15) is 0 Å². The predicted molar refractivity (Wildman–Crippen MR) is 77.8 cm³/mol. The standard InChI is InChI=1S/C14H17BrN2/c1-8(2)12-9(3)17-13-10(14(12)16-4)6-5-7-11(13)15/h5-8H,1-4H3,(H,16,17). The van der Waals surface area contributed by atoms with Crippen molar-refractivity contribution in [1.29, 1.82) is 0 Å². The van der Waals surface area contributed by atoms with E-state index in [0.29, 0.717) is 5.92 Å². The minimum Gasteiger partial charge on any atom is -0.387 e. The molecule has 3 heteroatoms. The number of aryl methyl sites for hydroxylation is 1. The molecule has 1 aromatic heterocycles. The number of benzene rings is 1. The van der Waals surface area contributed by atoms with Crippen LogP contribution in [0.5, 0.6) is 0 Å². The van der Waals surface area contributed by atoms with Gasteiger partial charge in [-0.05, 0) is 40.4 Å². The summed E-state index contributed by atoms with van der Waals surface area (Å²) >= 11 is 3.57. The van der Waals surface area contributed by atoms with E-state index in [9.17, 15) is 0 Å². The second kappa shape index (κ2) is 4.65. The van der Waals surface area contributed by atoms with Gasteiger partial charge in [0.05, 0.1) is 5.52 Å². The van der Waals surface area contributed by atoms with E-state index >= 15 is 0 Å². The van der Waals surface area contributed by atoms with Crippen LogP contribution >= 0.6 is 15.9 Å². The molecule has 0 fully saturated rings. The van der Waals surface area contributed by atoms with E-state index in [2.05, 4.69) is 48.1 Å². The zero-order chi connectivity index (χ0) is 12.6. The molecule has 0 aliphatic carbocycles. The first-order valence-corrected chi connectivity index (χ1v) is 6.62. The summed E-state index contributed by atoms with van der Waals surface area (Å²) in [6.45, 7) is 6.48. The van der Waals surface area contributed by atoms with Crippen molar-refractivity contribution in [3.63, 3.8) is 0 Å². The van der Waals surface area contributed by atoms with Crippen molar-refractivity contribution in [3.8, 4) is 0 Å². The quantitative estimate of drug-likeness (QED) is 0.883. The van der Waals surface area contributed by atoms with Crippen LogP contribution in [0.3, 0.4) is 0 Å². The molecule has 0 bridgehead atoms. The van der Waals surface area contributed by atoms with Gasteiger partial charge < -0.3 is 5.32 Å². The van der Waals surface area contributed by atoms with Crippen molar-refractivity contribution in [1.82, 2.24) is 4.98 Å². The smallest absolute Gasteiger partial charge is 0.0868 e. The van der Waals surface area contributed by atoms with Gasteiger partial charge in [0.2, 0.25) is 0 Å². The van der Waals surface area contributed by atoms with Crippen LogP contribution in [-0.4, -0.2) is 12.0 Å². The number of nitrogens with one attached hydrogen (secondary N) is 1. The van der Waals surface area contributed by atoms with Crippen molar-refractivity contribution < 1.29 is 0 Å². The van der Waals surface area contributed by atoms with Gasteiger partial charge in [-0.25, -0.2) is 0 Å². The Hall–Kier alpha value is -1.09. The van der Waals surface area contributed by atoms with Gasteiger partial charge in [-0.2, -0.15) is 0 Å². The summed E-state index contributed by atoms with van der Waals surface area (Å²) in [5.41, 5.74) is 4.63. The molecule has 2 nitrogen and oxygen atoms in total. The maximum absolute atomic E-state index is 4.72. The first kappa shape index (κ1) is 12.4. The van der Waals surface area contributed by atoms with Gasteiger partial charge in [0, 0.05) is 28.3 Å². The molecule has 0 saturated carbocycles. The largest absolute Gasteiger partial charge is 0.387 e. The lowest BCUT2D eigenvalue weighted by Gasteiger charge is -2.18. The molecular weight excluding hydrogens is 276 g/mol. The van der Waals surface area contributed by atoms with Gasteiger partial charge in [-0.3, -0.25) is 4.98 Å². The van der Waals surface area contributed by atoms with Crippen LogP contribution in [0.2, 0.25) is 0 Å². The summed E-state index contributed by atoms with van der Waals surface area (Å²) in [6.07, 6.45) is 0. The average molecular weight is 293 g/mol. The Labute approximate surface area is 111 Å². The molecule has 1 heterocycles. The Morgan fingerprint density at radius 1 is 1.29 bits per heavy atom. The van der Waals surface area contributed by atoms with Crippen LogP contribution in [0.4, 0.5) is 5.69 Å². The predicted octanol–water partition coefficient (Wildman–Crippen LogP) is 4.47. The second-order valence-electron chi connectivity index (χ2n) is 4.53. The highest BCUT2D eigenvalue weighted by molar-refractivity contribution is 9.10. The summed E-state index contributed by atoms with van der Waals surface area (Å²) in [6, 6.07) is 6.20. The van der Waals surface area contributed by atoms with E-state index in [1.54, 1.807) is 0 Å². The zero-order valence-corrected chi connectivity index (χ0v) is 12.2. The minimum absolute atomic E-state index is 0.466. The SMILES string of the molecule is CNc1c(C(C)C)c(C)nc2c(Br)cccc12. The molecule has 0 atom stereocenters. The summed E-state index contributed by atoms with van der Waals surface area (Å²) in [4.78, 5) is 4.72. The van der Waals surface area contributed by atoms with Gasteiger partial charge in [-0.15, -0.1) is 0 Å². The number of pyridine rings is 1. The summed E-state index contributed by atoms with van der Waals surface area (Å²) < 4.78 is 1.05. The lowest BCUT2D eigenvalue weighted by atomic mass is 9.97. The monoisotopic (exact) mass is 292 g/mol. The van der Waals surface area contributed by atoms with E-state index in [-0.39, 0.29) is 0 Å². The number of fused-ring (bicyclic) bond motifs is 1. The molecule has 0 unspecified atom stereocenters. The van der Waals surface area contributed by atoms with Crippen molar-refractivity contribution in [2.24, 2.45) is 0 Å². The van der Waals surface area contributed by atoms with E-state index in [4.69, 9.17) is 4.98 Å². The first-order chi connectivity index (χ1) is 8.06. The fourth-order valence-electron chi connectivity index (χ4n) is 2.36. The highest BCUT2D eigenvalue weighted by Gasteiger charge is 2.15. The van der Waals surface area contributed by atoms with Gasteiger partial charge >= 0.3 is 0 Å². The highest BCUT2D eigenvalue weighted by Crippen LogP contribution is 2.35. The first-order valence-electron chi connectivity index (χ1n) is 5.82. The van der Waals surface area contributed by atoms with Gasteiger partial charge in [0.15, 0.2) is 0 Å². The van der Waals surface area contributed by atoms with E-state index < -0.39 is 0 Å². The van der Waals surface area contributed by atoms with Gasteiger partial charge in [0.25, 0.3) is 0 Å². The Kier molecular flexibility index (Phi) is 3.38. The number of anilines is 1. The van der Waals surface area contributed by atoms with Crippen molar-refractivity contribution in [2.45, 2.75) is 26.7 Å². The average Bonchev–Trinajstić information content (AvgIpc) is 2.28. The number of aromatic nitrogens is 1. The number of rotatable bonds is 2. The molecule has 0 aliphatic rings. The minimum atomic E-state index is 0.466. The Morgan fingerprint density at radius 2 is 2.00 bits per heavy atom. The molecule has 1 N–H and O–H groups in total. The Morgan fingerprint density at radius 3 is 2.59 bits per heavy atom. The molecule has 90 valence electrons. The van der Waals surface area contributed by atoms with Crippen LogP contribution in [-0.2, 0) is 0 Å². The number of hydrogen-bond donors (Lipinski definition) is 1. The molecule has 0 amide bonds.